The van der Waals surface area contributed by atoms with Gasteiger partial charge >= 0.3 is 5.97 Å². The van der Waals surface area contributed by atoms with Crippen LogP contribution in [0.5, 0.6) is 0 Å². The molecule has 16 aliphatic rings. The van der Waals surface area contributed by atoms with E-state index in [9.17, 15) is 15.0 Å². The molecule has 19 heteroatoms. The molecule has 16 heterocycles. The van der Waals surface area contributed by atoms with E-state index in [2.05, 4.69) is 40.9 Å². The van der Waals surface area contributed by atoms with Crippen LogP contribution in [0.4, 0.5) is 0 Å². The van der Waals surface area contributed by atoms with Crippen LogP contribution in [0.2, 0.25) is 0 Å². The van der Waals surface area contributed by atoms with Crippen molar-refractivity contribution in [2.45, 2.75) is 301 Å². The van der Waals surface area contributed by atoms with E-state index in [-0.39, 0.29) is 122 Å². The van der Waals surface area contributed by atoms with Crippen LogP contribution in [0.25, 0.3) is 0 Å². The smallest absolute Gasteiger partial charge is 0.308 e. The molecule has 77 heavy (non-hydrogen) atoms. The molecule has 19 nitrogen and oxygen atoms in total. The lowest BCUT2D eigenvalue weighted by Crippen LogP contribution is -2.62. The third-order valence-corrected chi connectivity index (χ3v) is 21.1. The summed E-state index contributed by atoms with van der Waals surface area (Å²) in [6.45, 7) is 17.6. The summed E-state index contributed by atoms with van der Waals surface area (Å²) in [4.78, 5) is 14.5. The van der Waals surface area contributed by atoms with Gasteiger partial charge in [-0.2, -0.15) is 0 Å². The summed E-state index contributed by atoms with van der Waals surface area (Å²) < 4.78 is 109. The van der Waals surface area contributed by atoms with Gasteiger partial charge in [0.15, 0.2) is 29.9 Å². The average Bonchev–Trinajstić information content (AvgIpc) is 4.35. The predicted octanol–water partition coefficient (Wildman–Crippen LogP) is 5.11. The maximum atomic E-state index is 14.5. The zero-order valence-electron chi connectivity index (χ0n) is 45.1. The van der Waals surface area contributed by atoms with Crippen molar-refractivity contribution >= 4 is 5.97 Å². The second-order valence-electron chi connectivity index (χ2n) is 26.5. The standard InChI is InChI=1S/C58H82O19/c1-25-15-31-7-9-35-26(2)16-33(62-35)11-13-56-22-41-50(75-56)51-52(67-41)53(76-56)49-37(66-51)10-8-32(64-49)17-44(61)70-47-30(6)48-55(69-39(47)19-38(63-31)29(25)5)71-54-43(68-48)24-58(77-54)23-42-46(74-58)28(4)21-57(73-42)20-27(3)45-40(72-57)18-34(60)36(65-45)12-14-59/h25,27-28,30-43,45-55,59-60H,2,5,7-24H2,1,3-4,6H3. The van der Waals surface area contributed by atoms with Gasteiger partial charge in [0.1, 0.15) is 54.9 Å². The summed E-state index contributed by atoms with van der Waals surface area (Å²) in [6.07, 6.45) is 0.940. The molecule has 0 saturated carbocycles. The Balaban J connectivity index is 0.664. The molecule has 12 bridgehead atoms. The lowest BCUT2D eigenvalue weighted by Gasteiger charge is -2.54. The maximum absolute atomic E-state index is 14.5. The quantitative estimate of drug-likeness (QED) is 0.273. The maximum Gasteiger partial charge on any atom is 0.308 e. The van der Waals surface area contributed by atoms with Crippen molar-refractivity contribution in [1.29, 1.82) is 0 Å². The van der Waals surface area contributed by atoms with Gasteiger partial charge in [0, 0.05) is 63.9 Å². The number of rotatable bonds is 2. The summed E-state index contributed by atoms with van der Waals surface area (Å²) in [7, 11) is 0. The highest BCUT2D eigenvalue weighted by Crippen LogP contribution is 2.57. The summed E-state index contributed by atoms with van der Waals surface area (Å²) in [5.41, 5.74) is 2.11. The molecule has 31 atom stereocenters. The Morgan fingerprint density at radius 1 is 0.506 bits per heavy atom. The highest BCUT2D eigenvalue weighted by atomic mass is 16.9. The number of fused-ring (bicyclic) bond motifs is 10. The van der Waals surface area contributed by atoms with Crippen LogP contribution in [0.1, 0.15) is 137 Å². The monoisotopic (exact) mass is 1080 g/mol. The largest absolute Gasteiger partial charge is 0.459 e. The lowest BCUT2D eigenvalue weighted by molar-refractivity contribution is -0.393. The first kappa shape index (κ1) is 52.1. The molecule has 16 saturated heterocycles. The van der Waals surface area contributed by atoms with Gasteiger partial charge in [0.05, 0.1) is 85.8 Å². The summed E-state index contributed by atoms with van der Waals surface area (Å²) in [5.74, 6) is -3.08. The molecule has 0 aromatic heterocycles. The Labute approximate surface area is 451 Å². The summed E-state index contributed by atoms with van der Waals surface area (Å²) in [6, 6.07) is 0. The number of aliphatic hydroxyl groups is 2. The second-order valence-corrected chi connectivity index (χ2v) is 26.5. The predicted molar refractivity (Wildman–Crippen MR) is 264 cm³/mol. The minimum Gasteiger partial charge on any atom is -0.459 e. The van der Waals surface area contributed by atoms with E-state index in [0.717, 1.165) is 43.3 Å². The molecule has 16 rings (SSSR count). The van der Waals surface area contributed by atoms with Gasteiger partial charge in [-0.1, -0.05) is 40.9 Å². The molecule has 16 aliphatic heterocycles. The Morgan fingerprint density at radius 3 is 2.06 bits per heavy atom. The van der Waals surface area contributed by atoms with E-state index in [4.69, 9.17) is 75.8 Å². The third-order valence-electron chi connectivity index (χ3n) is 21.1. The molecular formula is C58H82O19. The van der Waals surface area contributed by atoms with E-state index in [1.54, 1.807) is 0 Å². The van der Waals surface area contributed by atoms with Gasteiger partial charge in [-0.3, -0.25) is 4.79 Å². The van der Waals surface area contributed by atoms with Gasteiger partial charge in [-0.25, -0.2) is 0 Å². The van der Waals surface area contributed by atoms with Crippen LogP contribution in [0, 0.1) is 23.7 Å². The van der Waals surface area contributed by atoms with Gasteiger partial charge < -0.3 is 86.0 Å². The highest BCUT2D eigenvalue weighted by molar-refractivity contribution is 5.70. The van der Waals surface area contributed by atoms with Crippen LogP contribution in [0.3, 0.4) is 0 Å². The Kier molecular flexibility index (Phi) is 13.1. The van der Waals surface area contributed by atoms with Crippen molar-refractivity contribution in [3.8, 4) is 0 Å². The first-order valence-corrected chi connectivity index (χ1v) is 29.9. The number of esters is 1. The first-order chi connectivity index (χ1) is 37.1. The number of aliphatic hydroxyl groups excluding tert-OH is 2. The Morgan fingerprint density at radius 2 is 1.21 bits per heavy atom. The van der Waals surface area contributed by atoms with Crippen LogP contribution in [-0.4, -0.2) is 187 Å². The van der Waals surface area contributed by atoms with Crippen molar-refractivity contribution in [3.63, 3.8) is 0 Å². The first-order valence-electron chi connectivity index (χ1n) is 29.9. The SMILES string of the molecule is C=C1CC2CCC34CC5OC6C(OC7CCC(CC(=O)OC8C(CC9OC(CCC1O2)CC(C)C9=C)OC1OC2OC9(CC2OC1C8C)CC1OC2(CC(C)C8OC(CCO)C(O)CC8O2)CC(C)C1O9)OC7C6O3)C5O4. The molecule has 0 radical (unpaired) electrons. The van der Waals surface area contributed by atoms with E-state index >= 15 is 0 Å². The summed E-state index contributed by atoms with van der Waals surface area (Å²) in [5, 5.41) is 20.6. The van der Waals surface area contributed by atoms with E-state index in [0.29, 0.717) is 70.6 Å². The molecule has 0 aromatic carbocycles. The van der Waals surface area contributed by atoms with Crippen LogP contribution < -0.4 is 0 Å². The molecular weight excluding hydrogens is 1000 g/mol. The molecule has 0 aliphatic carbocycles. The molecule has 3 spiro atoms. The average molecular weight is 1080 g/mol. The fourth-order valence-corrected chi connectivity index (χ4v) is 17.5. The summed E-state index contributed by atoms with van der Waals surface area (Å²) >= 11 is 0. The molecule has 2 N–H and O–H groups in total. The van der Waals surface area contributed by atoms with Crippen LogP contribution >= 0.6 is 0 Å². The minimum absolute atomic E-state index is 0.00742. The van der Waals surface area contributed by atoms with Crippen LogP contribution in [0.15, 0.2) is 24.3 Å². The molecule has 428 valence electrons. The van der Waals surface area contributed by atoms with Gasteiger partial charge in [-0.05, 0) is 80.3 Å². The van der Waals surface area contributed by atoms with Gasteiger partial charge in [0.2, 0.25) is 0 Å². The zero-order chi connectivity index (χ0) is 52.4. The lowest BCUT2D eigenvalue weighted by atomic mass is 9.78. The number of hydrogen-bond acceptors (Lipinski definition) is 19. The van der Waals surface area contributed by atoms with Crippen molar-refractivity contribution in [2.24, 2.45) is 23.7 Å². The van der Waals surface area contributed by atoms with Crippen LogP contribution in [-0.2, 0) is 80.6 Å². The van der Waals surface area contributed by atoms with E-state index < -0.39 is 84.9 Å². The van der Waals surface area contributed by atoms with E-state index in [1.165, 1.54) is 0 Å². The van der Waals surface area contributed by atoms with E-state index in [1.807, 2.05) is 0 Å². The topological polar surface area (TPSA) is 205 Å². The van der Waals surface area contributed by atoms with Crippen molar-refractivity contribution in [2.75, 3.05) is 6.61 Å². The fourth-order valence-electron chi connectivity index (χ4n) is 17.5. The normalized spacial score (nSPS) is 58.6. The number of hydrogen-bond donors (Lipinski definition) is 2. The molecule has 31 unspecified atom stereocenters. The van der Waals surface area contributed by atoms with Crippen molar-refractivity contribution in [3.05, 3.63) is 24.3 Å². The zero-order valence-corrected chi connectivity index (χ0v) is 45.1. The minimum atomic E-state index is -1.03. The van der Waals surface area contributed by atoms with Crippen molar-refractivity contribution in [1.82, 2.24) is 0 Å². The fraction of sp³-hybridized carbons (Fsp3) is 0.914. The number of carbonyl (C=O) groups excluding carboxylic acids is 1. The Hall–Kier alpha value is -1.73. The number of carbonyl (C=O) groups is 1. The Bertz CT molecular complexity index is 2290. The third kappa shape index (κ3) is 8.94. The molecule has 16 fully saturated rings. The molecule has 0 aromatic rings. The molecule has 0 amide bonds. The van der Waals surface area contributed by atoms with Gasteiger partial charge in [0.25, 0.3) is 0 Å². The number of ether oxygens (including phenoxy) is 16. The highest BCUT2D eigenvalue weighted by Gasteiger charge is 2.70. The second kappa shape index (κ2) is 19.4. The van der Waals surface area contributed by atoms with Crippen molar-refractivity contribution < 1.29 is 90.8 Å². The van der Waals surface area contributed by atoms with Gasteiger partial charge in [-0.15, -0.1) is 0 Å².